The summed E-state index contributed by atoms with van der Waals surface area (Å²) in [5, 5.41) is 3.05. The van der Waals surface area contributed by atoms with Crippen LogP contribution < -0.4 is 10.9 Å². The zero-order chi connectivity index (χ0) is 17.8. The van der Waals surface area contributed by atoms with Gasteiger partial charge in [0, 0.05) is 0 Å². The van der Waals surface area contributed by atoms with Gasteiger partial charge in [0.2, 0.25) is 5.91 Å². The third kappa shape index (κ3) is 3.76. The monoisotopic (exact) mass is 335 g/mol. The first kappa shape index (κ1) is 16.9. The van der Waals surface area contributed by atoms with Crippen LogP contribution in [0.15, 0.2) is 65.6 Å². The van der Waals surface area contributed by atoms with Crippen LogP contribution >= 0.6 is 0 Å². The van der Waals surface area contributed by atoms with Crippen LogP contribution in [0.5, 0.6) is 0 Å². The summed E-state index contributed by atoms with van der Waals surface area (Å²) in [4.78, 5) is 28.9. The average Bonchev–Trinajstić information content (AvgIpc) is 2.62. The number of carbonyl (C=O) groups excluding carboxylic acids is 1. The first-order valence-corrected chi connectivity index (χ1v) is 8.35. The molecule has 0 fully saturated rings. The highest BCUT2D eigenvalue weighted by molar-refractivity contribution is 5.80. The van der Waals surface area contributed by atoms with Crippen LogP contribution in [0.4, 0.5) is 0 Å². The second kappa shape index (κ2) is 7.30. The lowest BCUT2D eigenvalue weighted by Gasteiger charge is -2.23. The normalized spacial score (nSPS) is 12.3. The molecule has 1 atom stereocenters. The van der Waals surface area contributed by atoms with Crippen molar-refractivity contribution in [3.05, 3.63) is 76.7 Å². The molecule has 5 nitrogen and oxygen atoms in total. The Bertz CT molecular complexity index is 932. The van der Waals surface area contributed by atoms with E-state index in [2.05, 4.69) is 24.1 Å². The van der Waals surface area contributed by atoms with E-state index in [9.17, 15) is 9.59 Å². The summed E-state index contributed by atoms with van der Waals surface area (Å²) in [5.41, 5.74) is 2.12. The third-order valence-electron chi connectivity index (χ3n) is 4.20. The van der Waals surface area contributed by atoms with Crippen LogP contribution in [-0.2, 0) is 11.3 Å². The fourth-order valence-electron chi connectivity index (χ4n) is 2.94. The van der Waals surface area contributed by atoms with Crippen molar-refractivity contribution in [2.45, 2.75) is 26.4 Å². The van der Waals surface area contributed by atoms with Gasteiger partial charge >= 0.3 is 0 Å². The SMILES string of the molecule is CC(C)C(NC(=O)Cn1c(=O)cnc2ccccc21)c1ccccc1. The summed E-state index contributed by atoms with van der Waals surface area (Å²) in [6.45, 7) is 4.09. The van der Waals surface area contributed by atoms with Gasteiger partial charge < -0.3 is 5.32 Å². The molecule has 0 aliphatic rings. The third-order valence-corrected chi connectivity index (χ3v) is 4.20. The molecule has 0 aliphatic heterocycles. The second-order valence-corrected chi connectivity index (χ2v) is 6.37. The Morgan fingerprint density at radius 3 is 2.48 bits per heavy atom. The molecule has 3 rings (SSSR count). The Kier molecular flexibility index (Phi) is 4.93. The van der Waals surface area contributed by atoms with E-state index in [-0.39, 0.29) is 30.0 Å². The van der Waals surface area contributed by atoms with Crippen LogP contribution in [0.3, 0.4) is 0 Å². The Morgan fingerprint density at radius 2 is 1.76 bits per heavy atom. The maximum atomic E-state index is 12.6. The van der Waals surface area contributed by atoms with Gasteiger partial charge in [0.25, 0.3) is 5.56 Å². The van der Waals surface area contributed by atoms with Crippen molar-refractivity contribution < 1.29 is 4.79 Å². The van der Waals surface area contributed by atoms with Crippen molar-refractivity contribution in [2.75, 3.05) is 0 Å². The number of fused-ring (bicyclic) bond motifs is 1. The number of rotatable bonds is 5. The molecule has 128 valence electrons. The van der Waals surface area contributed by atoms with Gasteiger partial charge in [-0.05, 0) is 23.6 Å². The van der Waals surface area contributed by atoms with E-state index in [1.54, 1.807) is 6.07 Å². The highest BCUT2D eigenvalue weighted by Gasteiger charge is 2.19. The van der Waals surface area contributed by atoms with Crippen molar-refractivity contribution in [3.8, 4) is 0 Å². The molecule has 1 N–H and O–H groups in total. The summed E-state index contributed by atoms with van der Waals surface area (Å²) in [7, 11) is 0. The van der Waals surface area contributed by atoms with Crippen LogP contribution in [0.1, 0.15) is 25.5 Å². The van der Waals surface area contributed by atoms with Crippen molar-refractivity contribution >= 4 is 16.9 Å². The summed E-state index contributed by atoms with van der Waals surface area (Å²) in [6, 6.07) is 17.1. The average molecular weight is 335 g/mol. The van der Waals surface area contributed by atoms with E-state index >= 15 is 0 Å². The first-order valence-electron chi connectivity index (χ1n) is 8.35. The Labute approximate surface area is 146 Å². The highest BCUT2D eigenvalue weighted by Crippen LogP contribution is 2.21. The minimum atomic E-state index is -0.283. The molecule has 0 spiro atoms. The first-order chi connectivity index (χ1) is 12.1. The lowest BCUT2D eigenvalue weighted by atomic mass is 9.96. The Balaban J connectivity index is 1.85. The molecule has 1 heterocycles. The van der Waals surface area contributed by atoms with E-state index in [1.807, 2.05) is 48.5 Å². The quantitative estimate of drug-likeness (QED) is 0.780. The number of aromatic nitrogens is 2. The molecule has 1 unspecified atom stereocenters. The van der Waals surface area contributed by atoms with Crippen molar-refractivity contribution in [1.29, 1.82) is 0 Å². The minimum absolute atomic E-state index is 0.0298. The number of hydrogen-bond donors (Lipinski definition) is 1. The fourth-order valence-corrected chi connectivity index (χ4v) is 2.94. The molecular weight excluding hydrogens is 314 g/mol. The van der Waals surface area contributed by atoms with Crippen LogP contribution in [-0.4, -0.2) is 15.5 Å². The van der Waals surface area contributed by atoms with Crippen molar-refractivity contribution in [1.82, 2.24) is 14.9 Å². The minimum Gasteiger partial charge on any atom is -0.347 e. The van der Waals surface area contributed by atoms with Crippen LogP contribution in [0.2, 0.25) is 0 Å². The van der Waals surface area contributed by atoms with E-state index in [4.69, 9.17) is 0 Å². The molecule has 5 heteroatoms. The van der Waals surface area contributed by atoms with Crippen LogP contribution in [0, 0.1) is 5.92 Å². The zero-order valence-electron chi connectivity index (χ0n) is 14.3. The van der Waals surface area contributed by atoms with Gasteiger partial charge in [0.05, 0.1) is 23.3 Å². The standard InChI is InChI=1S/C20H21N3O2/c1-14(2)20(15-8-4-3-5-9-15)22-18(24)13-23-17-11-7-6-10-16(17)21-12-19(23)25/h3-12,14,20H,13H2,1-2H3,(H,22,24). The fraction of sp³-hybridized carbons (Fsp3) is 0.250. The molecule has 0 saturated carbocycles. The Morgan fingerprint density at radius 1 is 1.08 bits per heavy atom. The maximum absolute atomic E-state index is 12.6. The molecule has 0 aliphatic carbocycles. The summed E-state index contributed by atoms with van der Waals surface area (Å²) >= 11 is 0. The van der Waals surface area contributed by atoms with Gasteiger partial charge in [-0.15, -0.1) is 0 Å². The molecule has 1 amide bonds. The highest BCUT2D eigenvalue weighted by atomic mass is 16.2. The number of amides is 1. The number of nitrogens with one attached hydrogen (secondary N) is 1. The van der Waals surface area contributed by atoms with Gasteiger partial charge in [0.15, 0.2) is 0 Å². The Hall–Kier alpha value is -2.95. The van der Waals surface area contributed by atoms with E-state index < -0.39 is 0 Å². The molecule has 3 aromatic rings. The summed E-state index contributed by atoms with van der Waals surface area (Å²) in [6.07, 6.45) is 1.26. The molecule has 2 aromatic carbocycles. The van der Waals surface area contributed by atoms with Crippen LogP contribution in [0.25, 0.3) is 11.0 Å². The van der Waals surface area contributed by atoms with Crippen molar-refractivity contribution in [2.24, 2.45) is 5.92 Å². The molecule has 25 heavy (non-hydrogen) atoms. The summed E-state index contributed by atoms with van der Waals surface area (Å²) < 4.78 is 1.46. The maximum Gasteiger partial charge on any atom is 0.269 e. The lowest BCUT2D eigenvalue weighted by Crippen LogP contribution is -2.36. The van der Waals surface area contributed by atoms with E-state index in [0.717, 1.165) is 5.56 Å². The number of para-hydroxylation sites is 2. The van der Waals surface area contributed by atoms with Crippen molar-refractivity contribution in [3.63, 3.8) is 0 Å². The van der Waals surface area contributed by atoms with Gasteiger partial charge in [0.1, 0.15) is 6.54 Å². The predicted octanol–water partition coefficient (Wildman–Crippen LogP) is 2.91. The molecular formula is C20H21N3O2. The van der Waals surface area contributed by atoms with Gasteiger partial charge in [-0.2, -0.15) is 0 Å². The van der Waals surface area contributed by atoms with Gasteiger partial charge in [-0.25, -0.2) is 4.98 Å². The largest absolute Gasteiger partial charge is 0.347 e. The van der Waals surface area contributed by atoms with Gasteiger partial charge in [-0.3, -0.25) is 14.2 Å². The number of hydrogen-bond acceptors (Lipinski definition) is 3. The predicted molar refractivity (Wildman–Crippen MR) is 98.2 cm³/mol. The zero-order valence-corrected chi connectivity index (χ0v) is 14.3. The molecule has 0 bridgehead atoms. The van der Waals surface area contributed by atoms with E-state index in [1.165, 1.54) is 10.8 Å². The second-order valence-electron chi connectivity index (χ2n) is 6.37. The smallest absolute Gasteiger partial charge is 0.269 e. The van der Waals surface area contributed by atoms with E-state index in [0.29, 0.717) is 11.0 Å². The molecule has 0 saturated heterocycles. The number of nitrogens with zero attached hydrogens (tertiary/aromatic N) is 2. The number of carbonyl (C=O) groups is 1. The topological polar surface area (TPSA) is 64.0 Å². The lowest BCUT2D eigenvalue weighted by molar-refractivity contribution is -0.122. The van der Waals surface area contributed by atoms with Gasteiger partial charge in [-0.1, -0.05) is 56.3 Å². The molecule has 1 aromatic heterocycles. The molecule has 0 radical (unpaired) electrons. The number of benzene rings is 2. The summed E-state index contributed by atoms with van der Waals surface area (Å²) in [5.74, 6) is 0.0401.